The lowest BCUT2D eigenvalue weighted by Crippen LogP contribution is -2.15. The average Bonchev–Trinajstić information content (AvgIpc) is 2.55. The Morgan fingerprint density at radius 1 is 1.32 bits per heavy atom. The fourth-order valence-electron chi connectivity index (χ4n) is 2.25. The maximum atomic E-state index is 12.6. The number of nitrogens with zero attached hydrogens (tertiary/aromatic N) is 3. The molecule has 0 aliphatic heterocycles. The summed E-state index contributed by atoms with van der Waals surface area (Å²) in [6.07, 6.45) is -4.05. The lowest BCUT2D eigenvalue weighted by molar-refractivity contribution is -0.385. The molecule has 1 aromatic carbocycles. The van der Waals surface area contributed by atoms with E-state index in [0.717, 1.165) is 12.1 Å². The Morgan fingerprint density at radius 2 is 2.00 bits per heavy atom. The zero-order chi connectivity index (χ0) is 18.8. The number of Topliss-reactive ketones (excluding diaryl/α,β-unsaturated/α-hetero) is 1. The fourth-order valence-corrected chi connectivity index (χ4v) is 2.25. The second kappa shape index (κ2) is 6.68. The van der Waals surface area contributed by atoms with E-state index in [2.05, 4.69) is 4.98 Å². The Balaban J connectivity index is 2.42. The topological polar surface area (TPSA) is 96.9 Å². The molecule has 2 rings (SSSR count). The van der Waals surface area contributed by atoms with Crippen LogP contribution in [0.2, 0.25) is 0 Å². The van der Waals surface area contributed by atoms with Gasteiger partial charge in [-0.1, -0.05) is 12.1 Å². The minimum absolute atomic E-state index is 0.0533. The van der Waals surface area contributed by atoms with Gasteiger partial charge in [0.15, 0.2) is 11.7 Å². The van der Waals surface area contributed by atoms with E-state index < -0.39 is 28.4 Å². The summed E-state index contributed by atoms with van der Waals surface area (Å²) in [6.45, 7) is 1.36. The van der Waals surface area contributed by atoms with Gasteiger partial charge in [-0.2, -0.15) is 18.4 Å². The number of carbonyl (C=O) groups excluding carboxylic acids is 1. The van der Waals surface area contributed by atoms with Crippen molar-refractivity contribution in [3.63, 3.8) is 0 Å². The number of hydrogen-bond acceptors (Lipinski definition) is 5. The molecule has 0 unspecified atom stereocenters. The molecular weight excluding hydrogens is 339 g/mol. The predicted octanol–water partition coefficient (Wildman–Crippen LogP) is 3.81. The first-order valence-electron chi connectivity index (χ1n) is 6.87. The third kappa shape index (κ3) is 3.63. The van der Waals surface area contributed by atoms with Crippen LogP contribution in [-0.4, -0.2) is 15.7 Å². The number of nitro benzene ring substituents is 1. The van der Waals surface area contributed by atoms with Gasteiger partial charge in [0, 0.05) is 23.4 Å². The molecule has 1 aromatic heterocycles. The van der Waals surface area contributed by atoms with E-state index in [1.807, 2.05) is 0 Å². The van der Waals surface area contributed by atoms with Crippen LogP contribution in [0.5, 0.6) is 0 Å². The number of carbonyl (C=O) groups is 1. The van der Waals surface area contributed by atoms with Crippen LogP contribution in [0.3, 0.4) is 0 Å². The number of aromatic nitrogens is 1. The Labute approximate surface area is 139 Å². The van der Waals surface area contributed by atoms with Gasteiger partial charge in [-0.05, 0) is 19.1 Å². The van der Waals surface area contributed by atoms with Gasteiger partial charge in [-0.15, -0.1) is 0 Å². The van der Waals surface area contributed by atoms with Crippen molar-refractivity contribution in [3.05, 3.63) is 69.0 Å². The van der Waals surface area contributed by atoms with Crippen molar-refractivity contribution in [1.29, 1.82) is 5.26 Å². The van der Waals surface area contributed by atoms with Crippen LogP contribution < -0.4 is 0 Å². The number of nitro groups is 1. The molecule has 1 heterocycles. The van der Waals surface area contributed by atoms with E-state index in [-0.39, 0.29) is 22.5 Å². The highest BCUT2D eigenvalue weighted by atomic mass is 19.4. The van der Waals surface area contributed by atoms with Crippen molar-refractivity contribution in [2.45, 2.75) is 19.0 Å². The molecule has 128 valence electrons. The SMILES string of the molecule is Cc1c(C(=O)[C@@H](C#N)c2ccc(C(F)(F)F)cn2)cccc1[N+](=O)[O-]. The van der Waals surface area contributed by atoms with E-state index >= 15 is 0 Å². The van der Waals surface area contributed by atoms with E-state index in [4.69, 9.17) is 0 Å². The molecule has 0 saturated heterocycles. The average molecular weight is 349 g/mol. The Morgan fingerprint density at radius 3 is 2.48 bits per heavy atom. The molecule has 9 heteroatoms. The highest BCUT2D eigenvalue weighted by Crippen LogP contribution is 2.30. The van der Waals surface area contributed by atoms with E-state index in [1.54, 1.807) is 6.07 Å². The van der Waals surface area contributed by atoms with Gasteiger partial charge in [-0.3, -0.25) is 19.9 Å². The van der Waals surface area contributed by atoms with Gasteiger partial charge in [0.25, 0.3) is 5.69 Å². The number of ketones is 1. The summed E-state index contributed by atoms with van der Waals surface area (Å²) >= 11 is 0. The van der Waals surface area contributed by atoms with Crippen LogP contribution in [0.4, 0.5) is 18.9 Å². The summed E-state index contributed by atoms with van der Waals surface area (Å²) in [7, 11) is 0. The molecule has 0 N–H and O–H groups in total. The van der Waals surface area contributed by atoms with Crippen molar-refractivity contribution >= 4 is 11.5 Å². The molecule has 0 radical (unpaired) electrons. The molecule has 6 nitrogen and oxygen atoms in total. The lowest BCUT2D eigenvalue weighted by Gasteiger charge is -2.11. The maximum Gasteiger partial charge on any atom is 0.417 e. The molecule has 0 spiro atoms. The molecular formula is C16H10F3N3O3. The van der Waals surface area contributed by atoms with Crippen LogP contribution in [0.15, 0.2) is 36.5 Å². The number of rotatable bonds is 4. The number of nitriles is 1. The molecule has 0 saturated carbocycles. The summed E-state index contributed by atoms with van der Waals surface area (Å²) in [5.74, 6) is -2.24. The van der Waals surface area contributed by atoms with Gasteiger partial charge in [0.05, 0.1) is 22.2 Å². The Kier molecular flexibility index (Phi) is 4.83. The second-order valence-corrected chi connectivity index (χ2v) is 5.10. The monoisotopic (exact) mass is 349 g/mol. The van der Waals surface area contributed by atoms with Crippen LogP contribution in [0.1, 0.15) is 33.1 Å². The first-order chi connectivity index (χ1) is 11.7. The minimum Gasteiger partial charge on any atom is -0.292 e. The quantitative estimate of drug-likeness (QED) is 0.475. The summed E-state index contributed by atoms with van der Waals surface area (Å²) < 4.78 is 37.7. The van der Waals surface area contributed by atoms with Gasteiger partial charge in [0.2, 0.25) is 0 Å². The number of halogens is 3. The molecule has 0 fully saturated rings. The summed E-state index contributed by atoms with van der Waals surface area (Å²) in [5.41, 5.74) is -1.44. The molecule has 0 amide bonds. The zero-order valence-electron chi connectivity index (χ0n) is 12.7. The summed E-state index contributed by atoms with van der Waals surface area (Å²) in [4.78, 5) is 26.4. The first kappa shape index (κ1) is 18.1. The Bertz CT molecular complexity index is 871. The molecule has 0 aliphatic carbocycles. The number of benzene rings is 1. The molecule has 1 atom stereocenters. The van der Waals surface area contributed by atoms with E-state index in [1.165, 1.54) is 25.1 Å². The van der Waals surface area contributed by atoms with Crippen molar-refractivity contribution in [2.24, 2.45) is 0 Å². The summed E-state index contributed by atoms with van der Waals surface area (Å²) in [6, 6.07) is 7.19. The van der Waals surface area contributed by atoms with Gasteiger partial charge < -0.3 is 0 Å². The molecule has 0 aliphatic rings. The number of alkyl halides is 3. The molecule has 25 heavy (non-hydrogen) atoms. The third-order valence-electron chi connectivity index (χ3n) is 3.57. The number of hydrogen-bond donors (Lipinski definition) is 0. The fraction of sp³-hybridized carbons (Fsp3) is 0.188. The molecule has 2 aromatic rings. The van der Waals surface area contributed by atoms with E-state index in [9.17, 15) is 33.3 Å². The lowest BCUT2D eigenvalue weighted by atomic mass is 9.92. The third-order valence-corrected chi connectivity index (χ3v) is 3.57. The van der Waals surface area contributed by atoms with Crippen LogP contribution in [-0.2, 0) is 6.18 Å². The largest absolute Gasteiger partial charge is 0.417 e. The van der Waals surface area contributed by atoms with Crippen LogP contribution in [0, 0.1) is 28.4 Å². The maximum absolute atomic E-state index is 12.6. The van der Waals surface area contributed by atoms with Gasteiger partial charge in [-0.25, -0.2) is 0 Å². The van der Waals surface area contributed by atoms with Gasteiger partial charge >= 0.3 is 6.18 Å². The predicted molar refractivity (Wildman–Crippen MR) is 79.8 cm³/mol. The van der Waals surface area contributed by atoms with Crippen molar-refractivity contribution < 1.29 is 22.9 Å². The Hall–Kier alpha value is -3.28. The normalized spacial score (nSPS) is 12.3. The highest BCUT2D eigenvalue weighted by Gasteiger charge is 2.32. The summed E-state index contributed by atoms with van der Waals surface area (Å²) in [5, 5.41) is 20.2. The first-order valence-corrected chi connectivity index (χ1v) is 6.87. The molecule has 0 bridgehead atoms. The standard InChI is InChI=1S/C16H10F3N3O3/c1-9-11(3-2-4-14(9)22(24)25)15(23)12(7-20)13-6-5-10(8-21-13)16(17,18)19/h2-6,8,12H,1H3/t12-/m0/s1. The van der Waals surface area contributed by atoms with Crippen molar-refractivity contribution in [3.8, 4) is 6.07 Å². The highest BCUT2D eigenvalue weighted by molar-refractivity contribution is 6.04. The van der Waals surface area contributed by atoms with Crippen molar-refractivity contribution in [1.82, 2.24) is 4.98 Å². The smallest absolute Gasteiger partial charge is 0.292 e. The van der Waals surface area contributed by atoms with E-state index in [0.29, 0.717) is 6.20 Å². The second-order valence-electron chi connectivity index (χ2n) is 5.10. The minimum atomic E-state index is -4.59. The zero-order valence-corrected chi connectivity index (χ0v) is 12.7. The van der Waals surface area contributed by atoms with Crippen LogP contribution >= 0.6 is 0 Å². The van der Waals surface area contributed by atoms with Crippen molar-refractivity contribution in [2.75, 3.05) is 0 Å². The van der Waals surface area contributed by atoms with Gasteiger partial charge in [0.1, 0.15) is 0 Å². The number of pyridine rings is 1. The van der Waals surface area contributed by atoms with Crippen LogP contribution in [0.25, 0.3) is 0 Å².